The molecule has 1 aliphatic heterocycles. The monoisotopic (exact) mass is 469 g/mol. The first kappa shape index (κ1) is 25.6. The predicted molar refractivity (Wildman–Crippen MR) is 149 cm³/mol. The molecule has 0 spiro atoms. The molecule has 186 valence electrons. The maximum atomic E-state index is 3.83. The van der Waals surface area contributed by atoms with Crippen LogP contribution in [0.1, 0.15) is 105 Å². The Balaban J connectivity index is 1.69. The zero-order valence-corrected chi connectivity index (χ0v) is 23.0. The fourth-order valence-corrected chi connectivity index (χ4v) is 4.81. The summed E-state index contributed by atoms with van der Waals surface area (Å²) < 4.78 is 0. The molecule has 4 rings (SSSR count). The lowest BCUT2D eigenvalue weighted by Gasteiger charge is -2.40. The highest BCUT2D eigenvalue weighted by atomic mass is 15.4. The molecule has 3 nitrogen and oxygen atoms in total. The van der Waals surface area contributed by atoms with Crippen LogP contribution >= 0.6 is 0 Å². The van der Waals surface area contributed by atoms with Crippen molar-refractivity contribution in [2.45, 2.75) is 91.6 Å². The lowest BCUT2D eigenvalue weighted by atomic mass is 9.86. The summed E-state index contributed by atoms with van der Waals surface area (Å²) in [6.45, 7) is 20.2. The highest BCUT2D eigenvalue weighted by Crippen LogP contribution is 2.31. The molecule has 1 fully saturated rings. The molecule has 35 heavy (non-hydrogen) atoms. The largest absolute Gasteiger partial charge is 0.279 e. The Morgan fingerprint density at radius 1 is 0.486 bits per heavy atom. The van der Waals surface area contributed by atoms with E-state index in [9.17, 15) is 0 Å². The molecule has 1 saturated heterocycles. The number of hydrogen-bond acceptors (Lipinski definition) is 3. The van der Waals surface area contributed by atoms with Crippen LogP contribution < -0.4 is 16.0 Å². The third-order valence-electron chi connectivity index (χ3n) is 7.50. The van der Waals surface area contributed by atoms with Crippen molar-refractivity contribution in [3.05, 3.63) is 105 Å². The van der Waals surface area contributed by atoms with Gasteiger partial charge in [0.05, 0.1) is 18.5 Å². The summed E-state index contributed by atoms with van der Waals surface area (Å²) >= 11 is 0. The molecule has 0 saturated carbocycles. The SMILES string of the molecule is Cc1cc(C2NC(c3ccc(C(C)(C)C)cc3)NC(c3ccc(C(C)(C)C)cc3)N2)cc(C)c1C. The van der Waals surface area contributed by atoms with Gasteiger partial charge in [0.2, 0.25) is 0 Å². The lowest BCUT2D eigenvalue weighted by Crippen LogP contribution is -2.54. The average molecular weight is 470 g/mol. The van der Waals surface area contributed by atoms with Gasteiger partial charge in [0, 0.05) is 0 Å². The van der Waals surface area contributed by atoms with Crippen LogP contribution in [0.15, 0.2) is 60.7 Å². The highest BCUT2D eigenvalue weighted by Gasteiger charge is 2.30. The molecule has 0 aromatic heterocycles. The second kappa shape index (κ2) is 9.54. The highest BCUT2D eigenvalue weighted by molar-refractivity contribution is 5.39. The van der Waals surface area contributed by atoms with E-state index in [0.717, 1.165) is 0 Å². The Morgan fingerprint density at radius 2 is 0.800 bits per heavy atom. The number of hydrogen-bond donors (Lipinski definition) is 3. The molecule has 0 bridgehead atoms. The standard InChI is InChI=1S/C32H43N3/c1-20-18-25(19-21(2)22(20)3)30-34-28(23-10-14-26(15-11-23)31(4,5)6)33-29(35-30)24-12-16-27(17-13-24)32(7,8)9/h10-19,28-30,33-35H,1-9H3. The van der Waals surface area contributed by atoms with E-state index in [0.29, 0.717) is 0 Å². The van der Waals surface area contributed by atoms with E-state index in [1.54, 1.807) is 0 Å². The maximum absolute atomic E-state index is 3.83. The second-order valence-corrected chi connectivity index (χ2v) is 12.3. The summed E-state index contributed by atoms with van der Waals surface area (Å²) in [5, 5.41) is 11.5. The van der Waals surface area contributed by atoms with Crippen LogP contribution in [0.4, 0.5) is 0 Å². The molecule has 3 aromatic carbocycles. The van der Waals surface area contributed by atoms with Crippen LogP contribution in [0.3, 0.4) is 0 Å². The van der Waals surface area contributed by atoms with E-state index < -0.39 is 0 Å². The normalized spacial score (nSPS) is 21.2. The van der Waals surface area contributed by atoms with E-state index >= 15 is 0 Å². The third-order valence-corrected chi connectivity index (χ3v) is 7.50. The Labute approximate surface area is 212 Å². The molecular formula is C32H43N3. The summed E-state index contributed by atoms with van der Waals surface area (Å²) in [7, 11) is 0. The van der Waals surface area contributed by atoms with Crippen LogP contribution in [0.5, 0.6) is 0 Å². The number of benzene rings is 3. The van der Waals surface area contributed by atoms with Crippen LogP contribution in [0.2, 0.25) is 0 Å². The van der Waals surface area contributed by atoms with Gasteiger partial charge in [0.25, 0.3) is 0 Å². The van der Waals surface area contributed by atoms with Crippen molar-refractivity contribution < 1.29 is 0 Å². The lowest BCUT2D eigenvalue weighted by molar-refractivity contribution is 0.203. The Morgan fingerprint density at radius 3 is 1.11 bits per heavy atom. The van der Waals surface area contributed by atoms with Gasteiger partial charge in [-0.1, -0.05) is 102 Å². The van der Waals surface area contributed by atoms with Gasteiger partial charge in [-0.3, -0.25) is 16.0 Å². The first-order valence-electron chi connectivity index (χ1n) is 12.9. The fraction of sp³-hybridized carbons (Fsp3) is 0.438. The summed E-state index contributed by atoms with van der Waals surface area (Å²) in [4.78, 5) is 0. The van der Waals surface area contributed by atoms with Crippen molar-refractivity contribution in [2.75, 3.05) is 0 Å². The molecule has 3 aromatic rings. The zero-order chi connectivity index (χ0) is 25.5. The molecule has 2 unspecified atom stereocenters. The molecule has 2 atom stereocenters. The fourth-order valence-electron chi connectivity index (χ4n) is 4.81. The van der Waals surface area contributed by atoms with Crippen molar-refractivity contribution in [2.24, 2.45) is 0 Å². The quantitative estimate of drug-likeness (QED) is 0.374. The molecular weight excluding hydrogens is 426 g/mol. The van der Waals surface area contributed by atoms with Gasteiger partial charge < -0.3 is 0 Å². The van der Waals surface area contributed by atoms with Crippen molar-refractivity contribution in [1.29, 1.82) is 0 Å². The minimum atomic E-state index is 0.0319. The van der Waals surface area contributed by atoms with Gasteiger partial charge in [-0.05, 0) is 76.1 Å². The number of aryl methyl sites for hydroxylation is 2. The molecule has 3 heteroatoms. The number of rotatable bonds is 3. The van der Waals surface area contributed by atoms with Gasteiger partial charge in [-0.15, -0.1) is 0 Å². The van der Waals surface area contributed by atoms with E-state index in [1.165, 1.54) is 44.5 Å². The summed E-state index contributed by atoms with van der Waals surface area (Å²) in [6.07, 6.45) is 0.0998. The van der Waals surface area contributed by atoms with Gasteiger partial charge in [-0.2, -0.15) is 0 Å². The zero-order valence-electron chi connectivity index (χ0n) is 23.0. The van der Waals surface area contributed by atoms with E-state index in [-0.39, 0.29) is 29.3 Å². The minimum Gasteiger partial charge on any atom is -0.279 e. The number of nitrogens with one attached hydrogen (secondary N) is 3. The van der Waals surface area contributed by atoms with E-state index in [4.69, 9.17) is 0 Å². The maximum Gasteiger partial charge on any atom is 0.0864 e. The first-order valence-corrected chi connectivity index (χ1v) is 12.9. The van der Waals surface area contributed by atoms with Crippen molar-refractivity contribution in [3.8, 4) is 0 Å². The Kier molecular flexibility index (Phi) is 6.98. The van der Waals surface area contributed by atoms with Crippen LogP contribution in [-0.2, 0) is 10.8 Å². The smallest absolute Gasteiger partial charge is 0.0864 e. The van der Waals surface area contributed by atoms with Gasteiger partial charge in [0.1, 0.15) is 0 Å². The summed E-state index contributed by atoms with van der Waals surface area (Å²) in [5.41, 5.74) is 10.8. The van der Waals surface area contributed by atoms with Crippen LogP contribution in [0, 0.1) is 20.8 Å². The molecule has 0 aliphatic carbocycles. The summed E-state index contributed by atoms with van der Waals surface area (Å²) in [5.74, 6) is 0. The van der Waals surface area contributed by atoms with Crippen molar-refractivity contribution in [3.63, 3.8) is 0 Å². The second-order valence-electron chi connectivity index (χ2n) is 12.3. The van der Waals surface area contributed by atoms with E-state index in [1.807, 2.05) is 0 Å². The van der Waals surface area contributed by atoms with Crippen LogP contribution in [-0.4, -0.2) is 0 Å². The Bertz CT molecular complexity index is 1070. The topological polar surface area (TPSA) is 36.1 Å². The van der Waals surface area contributed by atoms with E-state index in [2.05, 4.69) is 139 Å². The average Bonchev–Trinajstić information content (AvgIpc) is 2.81. The molecule has 0 radical (unpaired) electrons. The first-order chi connectivity index (χ1) is 16.3. The molecule has 3 N–H and O–H groups in total. The minimum absolute atomic E-state index is 0.0319. The molecule has 1 heterocycles. The van der Waals surface area contributed by atoms with Gasteiger partial charge >= 0.3 is 0 Å². The third kappa shape index (κ3) is 5.69. The van der Waals surface area contributed by atoms with Gasteiger partial charge in [0.15, 0.2) is 0 Å². The van der Waals surface area contributed by atoms with Crippen LogP contribution in [0.25, 0.3) is 0 Å². The van der Waals surface area contributed by atoms with Gasteiger partial charge in [-0.25, -0.2) is 0 Å². The Hall–Kier alpha value is -2.46. The summed E-state index contributed by atoms with van der Waals surface area (Å²) in [6, 6.07) is 22.8. The van der Waals surface area contributed by atoms with Crippen molar-refractivity contribution >= 4 is 0 Å². The molecule has 0 amide bonds. The van der Waals surface area contributed by atoms with Crippen molar-refractivity contribution in [1.82, 2.24) is 16.0 Å². The predicted octanol–water partition coefficient (Wildman–Crippen LogP) is 7.39. The molecule has 1 aliphatic rings.